The first kappa shape index (κ1) is 27.4. The second-order valence-corrected chi connectivity index (χ2v) is 8.78. The molecule has 0 fully saturated rings. The van der Waals surface area contributed by atoms with Gasteiger partial charge in [0.25, 0.3) is 11.8 Å². The van der Waals surface area contributed by atoms with E-state index in [1.807, 2.05) is 0 Å². The summed E-state index contributed by atoms with van der Waals surface area (Å²) < 4.78 is 21.8. The highest BCUT2D eigenvalue weighted by Crippen LogP contribution is 2.30. The Balaban J connectivity index is 1.87. The van der Waals surface area contributed by atoms with Crippen molar-refractivity contribution in [1.82, 2.24) is 10.6 Å². The Morgan fingerprint density at radius 1 is 0.703 bits per heavy atom. The smallest absolute Gasteiger partial charge is 0.253 e. The minimum Gasteiger partial charge on any atom is -0.497 e. The zero-order valence-electron chi connectivity index (χ0n) is 21.9. The van der Waals surface area contributed by atoms with Crippen molar-refractivity contribution in [3.05, 3.63) is 83.4 Å². The lowest BCUT2D eigenvalue weighted by atomic mass is 10.1. The quantitative estimate of drug-likeness (QED) is 0.336. The van der Waals surface area contributed by atoms with E-state index in [1.54, 1.807) is 88.1 Å². The summed E-state index contributed by atoms with van der Waals surface area (Å²) in [6.07, 6.45) is 0.0615. The largest absolute Gasteiger partial charge is 0.497 e. The fraction of sp³-hybridized carbons (Fsp3) is 0.310. The van der Waals surface area contributed by atoms with Gasteiger partial charge in [-0.05, 0) is 78.6 Å². The van der Waals surface area contributed by atoms with E-state index in [9.17, 15) is 9.59 Å². The topological polar surface area (TPSA) is 95.1 Å². The molecule has 2 N–H and O–H groups in total. The van der Waals surface area contributed by atoms with Crippen molar-refractivity contribution >= 4 is 11.8 Å². The molecule has 0 atom stereocenters. The summed E-state index contributed by atoms with van der Waals surface area (Å²) in [6, 6.07) is 18.7. The highest BCUT2D eigenvalue weighted by molar-refractivity contribution is 5.97. The molecule has 0 spiro atoms. The second-order valence-electron chi connectivity index (χ2n) is 8.78. The molecule has 8 heteroatoms. The number of amides is 2. The summed E-state index contributed by atoms with van der Waals surface area (Å²) in [4.78, 5) is 26.2. The first-order valence-corrected chi connectivity index (χ1v) is 12.0. The van der Waals surface area contributed by atoms with E-state index < -0.39 is 6.17 Å². The number of carbonyl (C=O) groups is 2. The molecular weight excluding hydrogens is 472 g/mol. The Morgan fingerprint density at radius 2 is 1.22 bits per heavy atom. The minimum absolute atomic E-state index is 0.362. The van der Waals surface area contributed by atoms with Crippen LogP contribution in [0.4, 0.5) is 0 Å². The molecule has 196 valence electrons. The molecule has 0 aliphatic carbocycles. The number of hydrogen-bond acceptors (Lipinski definition) is 6. The van der Waals surface area contributed by atoms with Gasteiger partial charge in [-0.25, -0.2) is 0 Å². The van der Waals surface area contributed by atoms with Gasteiger partial charge in [0, 0.05) is 11.1 Å². The van der Waals surface area contributed by atoms with Crippen LogP contribution >= 0.6 is 0 Å². The van der Waals surface area contributed by atoms with Gasteiger partial charge in [-0.1, -0.05) is 19.9 Å². The molecule has 37 heavy (non-hydrogen) atoms. The molecule has 0 aromatic heterocycles. The SMILES string of the molecule is COc1ccc(C(=O)NC(NC(=O)c2ccc(OC)cc2)c2ccc(OCCC(C)C)c(OC)c2)cc1. The molecule has 0 saturated carbocycles. The van der Waals surface area contributed by atoms with E-state index in [-0.39, 0.29) is 11.8 Å². The lowest BCUT2D eigenvalue weighted by Gasteiger charge is -2.22. The van der Waals surface area contributed by atoms with Gasteiger partial charge < -0.3 is 29.6 Å². The van der Waals surface area contributed by atoms with Crippen LogP contribution in [0.3, 0.4) is 0 Å². The zero-order valence-corrected chi connectivity index (χ0v) is 21.9. The Bertz CT molecular complexity index is 1110. The van der Waals surface area contributed by atoms with Crippen LogP contribution in [0.2, 0.25) is 0 Å². The molecule has 0 aliphatic heterocycles. The van der Waals surface area contributed by atoms with E-state index in [0.29, 0.717) is 52.2 Å². The molecule has 0 heterocycles. The lowest BCUT2D eigenvalue weighted by molar-refractivity contribution is 0.0883. The molecule has 3 rings (SSSR count). The first-order chi connectivity index (χ1) is 17.8. The number of methoxy groups -OCH3 is 3. The summed E-state index contributed by atoms with van der Waals surface area (Å²) in [6.45, 7) is 4.82. The number of ether oxygens (including phenoxy) is 4. The van der Waals surface area contributed by atoms with E-state index in [0.717, 1.165) is 6.42 Å². The van der Waals surface area contributed by atoms with Crippen molar-refractivity contribution in [3.63, 3.8) is 0 Å². The Hall–Kier alpha value is -4.20. The average Bonchev–Trinajstić information content (AvgIpc) is 2.92. The van der Waals surface area contributed by atoms with Crippen molar-refractivity contribution in [3.8, 4) is 23.0 Å². The number of benzene rings is 3. The highest BCUT2D eigenvalue weighted by atomic mass is 16.5. The maximum Gasteiger partial charge on any atom is 0.253 e. The first-order valence-electron chi connectivity index (χ1n) is 12.0. The predicted octanol–water partition coefficient (Wildman–Crippen LogP) is 5.00. The maximum absolute atomic E-state index is 13.1. The summed E-state index contributed by atoms with van der Waals surface area (Å²) in [5.74, 6) is 2.16. The molecule has 2 amide bonds. The summed E-state index contributed by atoms with van der Waals surface area (Å²) in [7, 11) is 4.67. The van der Waals surface area contributed by atoms with Crippen molar-refractivity contribution in [2.75, 3.05) is 27.9 Å². The molecular formula is C29H34N2O6. The third-order valence-corrected chi connectivity index (χ3v) is 5.73. The van der Waals surface area contributed by atoms with E-state index >= 15 is 0 Å². The maximum atomic E-state index is 13.1. The standard InChI is InChI=1S/C29H34N2O6/c1-19(2)16-17-37-25-15-10-22(18-26(25)36-5)27(30-28(32)20-6-11-23(34-3)12-7-20)31-29(33)21-8-13-24(35-4)14-9-21/h6-15,18-19,27H,16-17H2,1-5H3,(H,30,32)(H,31,33). The average molecular weight is 507 g/mol. The lowest BCUT2D eigenvalue weighted by Crippen LogP contribution is -2.41. The van der Waals surface area contributed by atoms with Crippen LogP contribution in [-0.4, -0.2) is 39.8 Å². The molecule has 3 aromatic rings. The molecule has 8 nitrogen and oxygen atoms in total. The Morgan fingerprint density at radius 3 is 1.65 bits per heavy atom. The fourth-order valence-electron chi connectivity index (χ4n) is 3.50. The van der Waals surface area contributed by atoms with Crippen molar-refractivity contribution < 1.29 is 28.5 Å². The van der Waals surface area contributed by atoms with Gasteiger partial charge >= 0.3 is 0 Å². The normalized spacial score (nSPS) is 10.7. The summed E-state index contributed by atoms with van der Waals surface area (Å²) >= 11 is 0. The van der Waals surface area contributed by atoms with Crippen LogP contribution in [0, 0.1) is 5.92 Å². The molecule has 0 aliphatic rings. The van der Waals surface area contributed by atoms with Gasteiger partial charge in [0.1, 0.15) is 17.7 Å². The van der Waals surface area contributed by atoms with Gasteiger partial charge in [-0.3, -0.25) is 9.59 Å². The fourth-order valence-corrected chi connectivity index (χ4v) is 3.50. The van der Waals surface area contributed by atoms with Crippen LogP contribution in [0.5, 0.6) is 23.0 Å². The third-order valence-electron chi connectivity index (χ3n) is 5.73. The van der Waals surface area contributed by atoms with Crippen LogP contribution in [-0.2, 0) is 0 Å². The van der Waals surface area contributed by atoms with Gasteiger partial charge in [0.15, 0.2) is 11.5 Å². The van der Waals surface area contributed by atoms with E-state index in [4.69, 9.17) is 18.9 Å². The summed E-state index contributed by atoms with van der Waals surface area (Å²) in [5.41, 5.74) is 1.46. The monoisotopic (exact) mass is 506 g/mol. The zero-order chi connectivity index (χ0) is 26.8. The third kappa shape index (κ3) is 7.64. The van der Waals surface area contributed by atoms with Gasteiger partial charge in [0.05, 0.1) is 27.9 Å². The van der Waals surface area contributed by atoms with Gasteiger partial charge in [-0.15, -0.1) is 0 Å². The number of rotatable bonds is 12. The van der Waals surface area contributed by atoms with Gasteiger partial charge in [-0.2, -0.15) is 0 Å². The second kappa shape index (κ2) is 13.2. The molecule has 0 bridgehead atoms. The Kier molecular flexibility index (Phi) is 9.77. The van der Waals surface area contributed by atoms with Crippen molar-refractivity contribution in [2.45, 2.75) is 26.4 Å². The molecule has 0 radical (unpaired) electrons. The van der Waals surface area contributed by atoms with Crippen molar-refractivity contribution in [2.24, 2.45) is 5.92 Å². The van der Waals surface area contributed by atoms with Crippen LogP contribution < -0.4 is 29.6 Å². The number of carbonyl (C=O) groups excluding carboxylic acids is 2. The summed E-state index contributed by atoms with van der Waals surface area (Å²) in [5, 5.41) is 5.81. The minimum atomic E-state index is -0.845. The number of nitrogens with one attached hydrogen (secondary N) is 2. The van der Waals surface area contributed by atoms with Gasteiger partial charge in [0.2, 0.25) is 0 Å². The van der Waals surface area contributed by atoms with E-state index in [2.05, 4.69) is 24.5 Å². The predicted molar refractivity (Wildman–Crippen MR) is 142 cm³/mol. The van der Waals surface area contributed by atoms with E-state index in [1.165, 1.54) is 0 Å². The Labute approximate surface area is 217 Å². The van der Waals surface area contributed by atoms with Crippen molar-refractivity contribution in [1.29, 1.82) is 0 Å². The molecule has 0 unspecified atom stereocenters. The highest BCUT2D eigenvalue weighted by Gasteiger charge is 2.21. The molecule has 3 aromatic carbocycles. The molecule has 0 saturated heterocycles. The van der Waals surface area contributed by atoms with Crippen LogP contribution in [0.25, 0.3) is 0 Å². The van der Waals surface area contributed by atoms with Crippen LogP contribution in [0.1, 0.15) is 52.7 Å². The van der Waals surface area contributed by atoms with Crippen LogP contribution in [0.15, 0.2) is 66.7 Å². The number of hydrogen-bond donors (Lipinski definition) is 2.